The number of carbonyl (C=O) groups excluding carboxylic acids is 1. The van der Waals surface area contributed by atoms with Gasteiger partial charge in [0.25, 0.3) is 5.56 Å². The normalized spacial score (nSPS) is 15.9. The Morgan fingerprint density at radius 2 is 1.88 bits per heavy atom. The van der Waals surface area contributed by atoms with Crippen molar-refractivity contribution in [1.29, 1.82) is 0 Å². The minimum atomic E-state index is -0.0852. The van der Waals surface area contributed by atoms with Gasteiger partial charge in [-0.15, -0.1) is 0 Å². The van der Waals surface area contributed by atoms with Gasteiger partial charge >= 0.3 is 0 Å². The largest absolute Gasteiger partial charge is 0.356 e. The van der Waals surface area contributed by atoms with E-state index in [1.165, 1.54) is 4.68 Å². The lowest BCUT2D eigenvalue weighted by atomic mass is 9.96. The molecule has 0 bridgehead atoms. The molecular weight excluding hydrogens is 416 g/mol. The van der Waals surface area contributed by atoms with E-state index in [1.54, 1.807) is 12.4 Å². The first kappa shape index (κ1) is 21.3. The Balaban J connectivity index is 1.13. The van der Waals surface area contributed by atoms with Gasteiger partial charge in [-0.1, -0.05) is 30.3 Å². The maximum Gasteiger partial charge on any atom is 0.267 e. The fraction of sp³-hybridized carbons (Fsp3) is 0.400. The topological polar surface area (TPSA) is 93.0 Å². The summed E-state index contributed by atoms with van der Waals surface area (Å²) < 4.78 is 1.48. The van der Waals surface area contributed by atoms with Crippen molar-refractivity contribution in [3.05, 3.63) is 70.4 Å². The first-order chi connectivity index (χ1) is 16.2. The number of aromatic nitrogens is 4. The number of benzene rings is 1. The van der Waals surface area contributed by atoms with E-state index >= 15 is 0 Å². The molecule has 1 aromatic carbocycles. The van der Waals surface area contributed by atoms with Crippen molar-refractivity contribution in [2.24, 2.45) is 5.92 Å². The molecule has 2 aromatic heterocycles. The molecule has 1 N–H and O–H groups in total. The van der Waals surface area contributed by atoms with E-state index in [4.69, 9.17) is 0 Å². The monoisotopic (exact) mass is 444 g/mol. The second-order valence-electron chi connectivity index (χ2n) is 8.71. The predicted molar refractivity (Wildman–Crippen MR) is 126 cm³/mol. The number of aryl methyl sites for hydroxylation is 2. The van der Waals surface area contributed by atoms with Crippen molar-refractivity contribution >= 4 is 11.7 Å². The quantitative estimate of drug-likeness (QED) is 0.627. The summed E-state index contributed by atoms with van der Waals surface area (Å²) in [6, 6.07) is 13.8. The van der Waals surface area contributed by atoms with Gasteiger partial charge in [0.15, 0.2) is 0 Å². The standard InChI is InChI=1S/C25H28N6O2/c32-24-15-20-7-4-8-21(20)29-31(24)14-11-26-25(33)19-9-12-30(13-10-19)23-16-22(27-17-28-23)18-5-2-1-3-6-18/h1-3,5-6,15-17,19H,4,7-14H2,(H,26,33). The third kappa shape index (κ3) is 4.79. The molecule has 0 unspecified atom stereocenters. The van der Waals surface area contributed by atoms with Crippen LogP contribution in [0.3, 0.4) is 0 Å². The zero-order valence-electron chi connectivity index (χ0n) is 18.6. The van der Waals surface area contributed by atoms with Crippen LogP contribution in [0.15, 0.2) is 53.6 Å². The summed E-state index contributed by atoms with van der Waals surface area (Å²) in [7, 11) is 0. The third-order valence-electron chi connectivity index (χ3n) is 6.56. The molecule has 1 amide bonds. The molecule has 3 heterocycles. The van der Waals surface area contributed by atoms with Crippen molar-refractivity contribution in [2.75, 3.05) is 24.5 Å². The molecule has 170 valence electrons. The van der Waals surface area contributed by atoms with Crippen LogP contribution in [0.1, 0.15) is 30.5 Å². The van der Waals surface area contributed by atoms with E-state index in [9.17, 15) is 9.59 Å². The number of anilines is 1. The Hall–Kier alpha value is -3.55. The minimum Gasteiger partial charge on any atom is -0.356 e. The molecule has 3 aromatic rings. The molecule has 1 saturated heterocycles. The van der Waals surface area contributed by atoms with E-state index in [0.29, 0.717) is 13.1 Å². The number of nitrogens with zero attached hydrogens (tertiary/aromatic N) is 5. The second kappa shape index (κ2) is 9.52. The van der Waals surface area contributed by atoms with Gasteiger partial charge in [-0.2, -0.15) is 5.10 Å². The van der Waals surface area contributed by atoms with E-state index in [2.05, 4.69) is 25.3 Å². The maximum absolute atomic E-state index is 12.7. The van der Waals surface area contributed by atoms with E-state index in [-0.39, 0.29) is 17.4 Å². The lowest BCUT2D eigenvalue weighted by Gasteiger charge is -2.32. The van der Waals surface area contributed by atoms with E-state index in [1.807, 2.05) is 36.4 Å². The Morgan fingerprint density at radius 3 is 2.70 bits per heavy atom. The number of hydrogen-bond acceptors (Lipinski definition) is 6. The number of hydrogen-bond donors (Lipinski definition) is 1. The smallest absolute Gasteiger partial charge is 0.267 e. The van der Waals surface area contributed by atoms with Gasteiger partial charge in [0.1, 0.15) is 12.1 Å². The number of piperidine rings is 1. The van der Waals surface area contributed by atoms with Crippen molar-refractivity contribution in [2.45, 2.75) is 38.6 Å². The van der Waals surface area contributed by atoms with Crippen molar-refractivity contribution in [3.63, 3.8) is 0 Å². The van der Waals surface area contributed by atoms with Crippen molar-refractivity contribution in [1.82, 2.24) is 25.1 Å². The Kier molecular flexibility index (Phi) is 6.15. The Morgan fingerprint density at radius 1 is 1.06 bits per heavy atom. The number of fused-ring (bicyclic) bond motifs is 1. The number of amides is 1. The van der Waals surface area contributed by atoms with E-state index < -0.39 is 0 Å². The summed E-state index contributed by atoms with van der Waals surface area (Å²) in [4.78, 5) is 36.0. The molecule has 0 radical (unpaired) electrons. The van der Waals surface area contributed by atoms with Gasteiger partial charge in [-0.25, -0.2) is 14.6 Å². The summed E-state index contributed by atoms with van der Waals surface area (Å²) >= 11 is 0. The molecule has 2 aliphatic rings. The molecule has 0 saturated carbocycles. The van der Waals surface area contributed by atoms with Crippen LogP contribution in [0.2, 0.25) is 0 Å². The molecule has 33 heavy (non-hydrogen) atoms. The van der Waals surface area contributed by atoms with Crippen LogP contribution in [-0.4, -0.2) is 45.3 Å². The highest BCUT2D eigenvalue weighted by molar-refractivity contribution is 5.79. The molecule has 0 atom stereocenters. The number of nitrogens with one attached hydrogen (secondary N) is 1. The molecule has 0 spiro atoms. The molecule has 1 fully saturated rings. The summed E-state index contributed by atoms with van der Waals surface area (Å²) in [5.74, 6) is 0.919. The lowest BCUT2D eigenvalue weighted by molar-refractivity contribution is -0.125. The van der Waals surface area contributed by atoms with Crippen LogP contribution in [0.4, 0.5) is 5.82 Å². The molecule has 1 aliphatic heterocycles. The average Bonchev–Trinajstić information content (AvgIpc) is 3.32. The minimum absolute atomic E-state index is 0.0265. The van der Waals surface area contributed by atoms with Gasteiger partial charge < -0.3 is 10.2 Å². The Bertz CT molecular complexity index is 1190. The van der Waals surface area contributed by atoms with Gasteiger partial charge in [-0.05, 0) is 37.7 Å². The summed E-state index contributed by atoms with van der Waals surface area (Å²) in [5, 5.41) is 7.47. The lowest BCUT2D eigenvalue weighted by Crippen LogP contribution is -2.42. The summed E-state index contributed by atoms with van der Waals surface area (Å²) in [6.45, 7) is 2.36. The molecule has 5 rings (SSSR count). The number of carbonyl (C=O) groups is 1. The maximum atomic E-state index is 12.7. The van der Waals surface area contributed by atoms with Crippen LogP contribution < -0.4 is 15.8 Å². The molecular formula is C25H28N6O2. The van der Waals surface area contributed by atoms with Gasteiger partial charge in [0.2, 0.25) is 5.91 Å². The average molecular weight is 445 g/mol. The first-order valence-corrected chi connectivity index (χ1v) is 11.7. The van der Waals surface area contributed by atoms with Crippen LogP contribution >= 0.6 is 0 Å². The van der Waals surface area contributed by atoms with Crippen molar-refractivity contribution < 1.29 is 4.79 Å². The van der Waals surface area contributed by atoms with Crippen LogP contribution in [0, 0.1) is 5.92 Å². The van der Waals surface area contributed by atoms with Crippen molar-refractivity contribution in [3.8, 4) is 11.3 Å². The van der Waals surface area contributed by atoms with Gasteiger partial charge in [0.05, 0.1) is 17.9 Å². The highest BCUT2D eigenvalue weighted by Crippen LogP contribution is 2.25. The van der Waals surface area contributed by atoms with E-state index in [0.717, 1.165) is 73.5 Å². The molecule has 1 aliphatic carbocycles. The fourth-order valence-corrected chi connectivity index (χ4v) is 4.69. The third-order valence-corrected chi connectivity index (χ3v) is 6.56. The predicted octanol–water partition coefficient (Wildman–Crippen LogP) is 2.22. The SMILES string of the molecule is O=C(NCCn1nc2c(cc1=O)CCC2)C1CCN(c2cc(-c3ccccc3)ncn2)CC1. The molecule has 8 nitrogen and oxygen atoms in total. The zero-order valence-corrected chi connectivity index (χ0v) is 18.6. The van der Waals surface area contributed by atoms with Gasteiger partial charge in [0, 0.05) is 43.2 Å². The molecule has 8 heteroatoms. The summed E-state index contributed by atoms with van der Waals surface area (Å²) in [5.41, 5.74) is 3.97. The first-order valence-electron chi connectivity index (χ1n) is 11.7. The van der Waals surface area contributed by atoms with Gasteiger partial charge in [-0.3, -0.25) is 9.59 Å². The number of rotatable bonds is 6. The summed E-state index contributed by atoms with van der Waals surface area (Å²) in [6.07, 6.45) is 6.08. The Labute approximate surface area is 192 Å². The van der Waals surface area contributed by atoms with Crippen LogP contribution in [0.25, 0.3) is 11.3 Å². The fourth-order valence-electron chi connectivity index (χ4n) is 4.69. The second-order valence-corrected chi connectivity index (χ2v) is 8.71. The highest BCUT2D eigenvalue weighted by atomic mass is 16.2. The zero-order chi connectivity index (χ0) is 22.6. The van der Waals surface area contributed by atoms with Crippen LogP contribution in [0.5, 0.6) is 0 Å². The van der Waals surface area contributed by atoms with Crippen LogP contribution in [-0.2, 0) is 24.2 Å². The highest BCUT2D eigenvalue weighted by Gasteiger charge is 2.25.